The van der Waals surface area contributed by atoms with Crippen molar-refractivity contribution in [3.63, 3.8) is 0 Å². The molecule has 2 rings (SSSR count). The van der Waals surface area contributed by atoms with Gasteiger partial charge in [0.1, 0.15) is 12.3 Å². The van der Waals surface area contributed by atoms with Gasteiger partial charge in [0.25, 0.3) is 5.56 Å². The molecule has 1 aromatic heterocycles. The van der Waals surface area contributed by atoms with Crippen LogP contribution in [0.2, 0.25) is 0 Å². The van der Waals surface area contributed by atoms with Crippen molar-refractivity contribution < 1.29 is 9.90 Å². The second-order valence-electron chi connectivity index (χ2n) is 4.84. The Hall–Kier alpha value is -2.76. The number of phenols is 1. The van der Waals surface area contributed by atoms with Crippen LogP contribution in [0.1, 0.15) is 5.56 Å². The van der Waals surface area contributed by atoms with Gasteiger partial charge >= 0.3 is 0 Å². The minimum Gasteiger partial charge on any atom is -0.508 e. The number of carbonyl (C=O) groups is 1. The van der Waals surface area contributed by atoms with Crippen molar-refractivity contribution in [3.05, 3.63) is 58.5 Å². The Labute approximate surface area is 122 Å². The number of carbonyl (C=O) groups excluding carboxylic acids is 1. The fourth-order valence-corrected chi connectivity index (χ4v) is 1.90. The molecule has 1 aromatic carbocycles. The highest BCUT2D eigenvalue weighted by atomic mass is 16.3. The van der Waals surface area contributed by atoms with Gasteiger partial charge in [-0.05, 0) is 23.8 Å². The summed E-state index contributed by atoms with van der Waals surface area (Å²) in [5.74, 6) is -0.0187. The predicted molar refractivity (Wildman–Crippen MR) is 79.7 cm³/mol. The van der Waals surface area contributed by atoms with E-state index in [1.54, 1.807) is 31.3 Å². The van der Waals surface area contributed by atoms with Gasteiger partial charge in [-0.2, -0.15) is 0 Å². The molecule has 6 heteroatoms. The number of likely N-dealkylation sites (N-methyl/N-ethyl adjacent to an activating group) is 1. The number of hydrogen-bond donors (Lipinski definition) is 2. The summed E-state index contributed by atoms with van der Waals surface area (Å²) in [4.78, 5) is 25.3. The van der Waals surface area contributed by atoms with Crippen molar-refractivity contribution in [1.29, 1.82) is 0 Å². The summed E-state index contributed by atoms with van der Waals surface area (Å²) in [7, 11) is 1.66. The molecule has 110 valence electrons. The highest BCUT2D eigenvalue weighted by Gasteiger charge is 2.11. The van der Waals surface area contributed by atoms with Gasteiger partial charge in [-0.3, -0.25) is 9.59 Å². The number of hydrogen-bond acceptors (Lipinski definition) is 4. The van der Waals surface area contributed by atoms with Crippen LogP contribution in [0.3, 0.4) is 0 Å². The van der Waals surface area contributed by atoms with Crippen LogP contribution in [-0.2, 0) is 17.9 Å². The maximum Gasteiger partial charge on any atom is 0.251 e. The van der Waals surface area contributed by atoms with Gasteiger partial charge in [-0.15, -0.1) is 0 Å². The van der Waals surface area contributed by atoms with Crippen molar-refractivity contribution in [1.82, 2.24) is 9.47 Å². The zero-order chi connectivity index (χ0) is 15.4. The first-order valence-electron chi connectivity index (χ1n) is 6.43. The first-order chi connectivity index (χ1) is 9.95. The lowest BCUT2D eigenvalue weighted by molar-refractivity contribution is -0.131. The van der Waals surface area contributed by atoms with E-state index in [9.17, 15) is 14.7 Å². The molecule has 0 aliphatic heterocycles. The Morgan fingerprint density at radius 2 is 1.90 bits per heavy atom. The van der Waals surface area contributed by atoms with E-state index >= 15 is 0 Å². The van der Waals surface area contributed by atoms with E-state index in [2.05, 4.69) is 0 Å². The number of nitrogen functional groups attached to an aromatic ring is 1. The number of aromatic nitrogens is 1. The van der Waals surface area contributed by atoms with Crippen LogP contribution in [-0.4, -0.2) is 27.5 Å². The maximum absolute atomic E-state index is 12.1. The van der Waals surface area contributed by atoms with Gasteiger partial charge in [0, 0.05) is 31.5 Å². The van der Waals surface area contributed by atoms with Crippen LogP contribution in [0.4, 0.5) is 5.69 Å². The van der Waals surface area contributed by atoms with Gasteiger partial charge in [-0.25, -0.2) is 0 Å². The minimum absolute atomic E-state index is 0.0571. The standard InChI is InChI=1S/C15H17N3O3/c1-17(8-11-2-5-13(19)6-3-11)15(21)10-18-9-12(16)4-7-14(18)20/h2-7,9,19H,8,10,16H2,1H3. The van der Waals surface area contributed by atoms with Gasteiger partial charge in [0.05, 0.1) is 0 Å². The number of rotatable bonds is 4. The van der Waals surface area contributed by atoms with Crippen molar-refractivity contribution in [2.45, 2.75) is 13.1 Å². The van der Waals surface area contributed by atoms with E-state index in [0.29, 0.717) is 12.2 Å². The number of anilines is 1. The number of benzene rings is 1. The zero-order valence-corrected chi connectivity index (χ0v) is 11.7. The largest absolute Gasteiger partial charge is 0.508 e. The first kappa shape index (κ1) is 14.6. The average Bonchev–Trinajstić information content (AvgIpc) is 2.45. The third-order valence-corrected chi connectivity index (χ3v) is 3.09. The highest BCUT2D eigenvalue weighted by molar-refractivity contribution is 5.75. The summed E-state index contributed by atoms with van der Waals surface area (Å²) in [6.07, 6.45) is 1.45. The summed E-state index contributed by atoms with van der Waals surface area (Å²) in [6.45, 7) is 0.342. The van der Waals surface area contributed by atoms with Gasteiger partial charge in [0.15, 0.2) is 0 Å². The van der Waals surface area contributed by atoms with E-state index in [-0.39, 0.29) is 23.8 Å². The van der Waals surface area contributed by atoms with Crippen LogP contribution in [0, 0.1) is 0 Å². The van der Waals surface area contributed by atoms with E-state index in [1.807, 2.05) is 0 Å². The quantitative estimate of drug-likeness (QED) is 0.870. The van der Waals surface area contributed by atoms with Crippen LogP contribution in [0.5, 0.6) is 5.75 Å². The summed E-state index contributed by atoms with van der Waals surface area (Å²) < 4.78 is 1.28. The molecule has 0 fully saturated rings. The summed E-state index contributed by atoms with van der Waals surface area (Å²) in [5.41, 5.74) is 6.67. The Kier molecular flexibility index (Phi) is 4.27. The second-order valence-corrected chi connectivity index (χ2v) is 4.84. The first-order valence-corrected chi connectivity index (χ1v) is 6.43. The fourth-order valence-electron chi connectivity index (χ4n) is 1.90. The van der Waals surface area contributed by atoms with Gasteiger partial charge < -0.3 is 20.3 Å². The van der Waals surface area contributed by atoms with Crippen molar-refractivity contribution in [3.8, 4) is 5.75 Å². The molecular weight excluding hydrogens is 270 g/mol. The Morgan fingerprint density at radius 3 is 2.57 bits per heavy atom. The van der Waals surface area contributed by atoms with Gasteiger partial charge in [-0.1, -0.05) is 12.1 Å². The third kappa shape index (κ3) is 3.85. The molecule has 21 heavy (non-hydrogen) atoms. The van der Waals surface area contributed by atoms with E-state index in [0.717, 1.165) is 5.56 Å². The number of amides is 1. The number of phenolic OH excluding ortho intramolecular Hbond substituents is 1. The number of nitrogens with zero attached hydrogens (tertiary/aromatic N) is 2. The van der Waals surface area contributed by atoms with Crippen molar-refractivity contribution in [2.75, 3.05) is 12.8 Å². The summed E-state index contributed by atoms with van der Waals surface area (Å²) in [5, 5.41) is 9.22. The maximum atomic E-state index is 12.1. The molecule has 6 nitrogen and oxygen atoms in total. The van der Waals surface area contributed by atoms with Crippen LogP contribution in [0.25, 0.3) is 0 Å². The molecule has 0 aliphatic rings. The molecule has 3 N–H and O–H groups in total. The summed E-state index contributed by atoms with van der Waals surface area (Å²) >= 11 is 0. The topological polar surface area (TPSA) is 88.6 Å². The molecule has 1 heterocycles. The van der Waals surface area contributed by atoms with Crippen LogP contribution < -0.4 is 11.3 Å². The number of pyridine rings is 1. The zero-order valence-electron chi connectivity index (χ0n) is 11.7. The molecule has 2 aromatic rings. The Bertz CT molecular complexity index is 692. The van der Waals surface area contributed by atoms with Crippen molar-refractivity contribution >= 4 is 11.6 Å². The van der Waals surface area contributed by atoms with E-state index < -0.39 is 0 Å². The normalized spacial score (nSPS) is 10.3. The fraction of sp³-hybridized carbons (Fsp3) is 0.200. The van der Waals surface area contributed by atoms with E-state index in [1.165, 1.54) is 27.8 Å². The highest BCUT2D eigenvalue weighted by Crippen LogP contribution is 2.11. The van der Waals surface area contributed by atoms with Crippen molar-refractivity contribution in [2.24, 2.45) is 0 Å². The molecular formula is C15H17N3O3. The smallest absolute Gasteiger partial charge is 0.251 e. The third-order valence-electron chi connectivity index (χ3n) is 3.09. The molecule has 1 amide bonds. The lowest BCUT2D eigenvalue weighted by atomic mass is 10.2. The SMILES string of the molecule is CN(Cc1ccc(O)cc1)C(=O)Cn1cc(N)ccc1=O. The molecule has 0 saturated heterocycles. The van der Waals surface area contributed by atoms with Crippen LogP contribution >= 0.6 is 0 Å². The molecule has 0 aliphatic carbocycles. The van der Waals surface area contributed by atoms with Crippen LogP contribution in [0.15, 0.2) is 47.4 Å². The molecule has 0 bridgehead atoms. The van der Waals surface area contributed by atoms with E-state index in [4.69, 9.17) is 5.73 Å². The second kappa shape index (κ2) is 6.13. The monoisotopic (exact) mass is 287 g/mol. The number of nitrogens with two attached hydrogens (primary N) is 1. The lowest BCUT2D eigenvalue weighted by Gasteiger charge is -2.18. The summed E-state index contributed by atoms with van der Waals surface area (Å²) in [6, 6.07) is 9.45. The minimum atomic E-state index is -0.268. The molecule has 0 unspecified atom stereocenters. The molecule has 0 saturated carbocycles. The lowest BCUT2D eigenvalue weighted by Crippen LogP contribution is -2.33. The molecule has 0 spiro atoms. The Balaban J connectivity index is 2.04. The molecule has 0 radical (unpaired) electrons. The number of aromatic hydroxyl groups is 1. The average molecular weight is 287 g/mol. The van der Waals surface area contributed by atoms with Gasteiger partial charge in [0.2, 0.25) is 5.91 Å². The predicted octanol–water partition coefficient (Wildman–Crippen LogP) is 0.795. The molecule has 0 atom stereocenters. The Morgan fingerprint density at radius 1 is 1.24 bits per heavy atom.